The average Bonchev–Trinajstić information content (AvgIpc) is 2.15. The number of hydrogen-bond acceptors (Lipinski definition) is 3. The molecule has 2 N–H and O–H groups in total. The molecule has 0 bridgehead atoms. The number of carboxylic acids is 1. The zero-order chi connectivity index (χ0) is 7.98. The van der Waals surface area contributed by atoms with Crippen LogP contribution in [0.25, 0.3) is 0 Å². The van der Waals surface area contributed by atoms with Crippen LogP contribution in [-0.2, 0) is 9.53 Å². The van der Waals surface area contributed by atoms with E-state index in [0.717, 1.165) is 26.4 Å². The number of aliphatic carboxylic acids is 1. The topological polar surface area (TPSA) is 66.8 Å². The third-order valence-corrected chi connectivity index (χ3v) is 0.906. The van der Waals surface area contributed by atoms with E-state index in [1.807, 2.05) is 0 Å². The molecule has 4 heteroatoms. The fourth-order valence-corrected chi connectivity index (χ4v) is 0.561. The summed E-state index contributed by atoms with van der Waals surface area (Å²) in [5, 5.41) is 15.9. The van der Waals surface area contributed by atoms with E-state index in [9.17, 15) is 0 Å². The van der Waals surface area contributed by atoms with Crippen LogP contribution < -0.4 is 0 Å². The second-order valence-electron chi connectivity index (χ2n) is 1.99. The highest BCUT2D eigenvalue weighted by Crippen LogP contribution is 2.06. The van der Waals surface area contributed by atoms with Gasteiger partial charge in [-0.05, 0) is 6.42 Å². The molecule has 10 heavy (non-hydrogen) atoms. The molecular weight excluding hydrogens is 136 g/mol. The highest BCUT2D eigenvalue weighted by molar-refractivity contribution is 5.62. The second kappa shape index (κ2) is 5.20. The number of carboxylic acid groups (broad SMARTS) is 1. The Labute approximate surface area is 59.4 Å². The lowest BCUT2D eigenvalue weighted by Crippen LogP contribution is -1.99. The van der Waals surface area contributed by atoms with E-state index in [0.29, 0.717) is 0 Å². The van der Waals surface area contributed by atoms with Gasteiger partial charge in [0.2, 0.25) is 0 Å². The Bertz CT molecular complexity index is 91.9. The lowest BCUT2D eigenvalue weighted by Gasteiger charge is -1.93. The standard InChI is InChI=1S/C4H8O2.C2H4O2/c5-4-2-1-3-6-4;1-2(3)4/h4-5H,1-3H2;1H3,(H,3,4). The Hall–Kier alpha value is -0.610. The van der Waals surface area contributed by atoms with E-state index in [2.05, 4.69) is 0 Å². The van der Waals surface area contributed by atoms with Crippen molar-refractivity contribution in [3.8, 4) is 0 Å². The predicted molar refractivity (Wildman–Crippen MR) is 34.5 cm³/mol. The number of hydrogen-bond donors (Lipinski definition) is 2. The first-order valence-corrected chi connectivity index (χ1v) is 3.12. The van der Waals surface area contributed by atoms with Gasteiger partial charge >= 0.3 is 0 Å². The van der Waals surface area contributed by atoms with Gasteiger partial charge in [0.25, 0.3) is 5.97 Å². The van der Waals surface area contributed by atoms with Crippen LogP contribution in [0.4, 0.5) is 0 Å². The number of aliphatic hydroxyl groups excluding tert-OH is 1. The minimum atomic E-state index is -0.833. The lowest BCUT2D eigenvalue weighted by molar-refractivity contribution is -0.134. The van der Waals surface area contributed by atoms with Crippen molar-refractivity contribution in [2.75, 3.05) is 6.61 Å². The zero-order valence-electron chi connectivity index (χ0n) is 5.91. The first kappa shape index (κ1) is 9.39. The molecule has 0 amide bonds. The number of carbonyl (C=O) groups is 1. The van der Waals surface area contributed by atoms with Crippen LogP contribution in [0.3, 0.4) is 0 Å². The predicted octanol–water partition coefficient (Wildman–Crippen LogP) is 0.206. The molecule has 0 aromatic rings. The van der Waals surface area contributed by atoms with Gasteiger partial charge in [-0.2, -0.15) is 0 Å². The van der Waals surface area contributed by atoms with Crippen LogP contribution >= 0.6 is 0 Å². The van der Waals surface area contributed by atoms with E-state index >= 15 is 0 Å². The molecule has 0 radical (unpaired) electrons. The molecule has 0 aromatic heterocycles. The molecule has 1 unspecified atom stereocenters. The zero-order valence-corrected chi connectivity index (χ0v) is 5.91. The number of rotatable bonds is 0. The molecule has 1 aliphatic heterocycles. The second-order valence-corrected chi connectivity index (χ2v) is 1.99. The van der Waals surface area contributed by atoms with Gasteiger partial charge in [-0.15, -0.1) is 0 Å². The lowest BCUT2D eigenvalue weighted by atomic mass is 10.4. The maximum Gasteiger partial charge on any atom is 0.300 e. The summed E-state index contributed by atoms with van der Waals surface area (Å²) in [5.74, 6) is -0.833. The van der Waals surface area contributed by atoms with Gasteiger partial charge < -0.3 is 14.9 Å². The van der Waals surface area contributed by atoms with E-state index < -0.39 is 12.3 Å². The quantitative estimate of drug-likeness (QED) is 0.515. The summed E-state index contributed by atoms with van der Waals surface area (Å²) in [7, 11) is 0. The first-order chi connectivity index (χ1) is 4.63. The van der Waals surface area contributed by atoms with Crippen molar-refractivity contribution in [2.45, 2.75) is 26.1 Å². The van der Waals surface area contributed by atoms with Crippen molar-refractivity contribution >= 4 is 5.97 Å². The van der Waals surface area contributed by atoms with Crippen molar-refractivity contribution in [1.82, 2.24) is 0 Å². The molecule has 1 rings (SSSR count). The molecule has 1 aliphatic rings. The largest absolute Gasteiger partial charge is 0.481 e. The van der Waals surface area contributed by atoms with Crippen LogP contribution in [0.15, 0.2) is 0 Å². The Kier molecular flexibility index (Phi) is 4.88. The highest BCUT2D eigenvalue weighted by atomic mass is 16.6. The van der Waals surface area contributed by atoms with Crippen LogP contribution in [0, 0.1) is 0 Å². The SMILES string of the molecule is CC(=O)O.OC1CCCO1. The Morgan fingerprint density at radius 2 is 2.20 bits per heavy atom. The fourth-order valence-electron chi connectivity index (χ4n) is 0.561. The molecule has 60 valence electrons. The van der Waals surface area contributed by atoms with Gasteiger partial charge in [-0.25, -0.2) is 0 Å². The average molecular weight is 148 g/mol. The minimum Gasteiger partial charge on any atom is -0.481 e. The molecule has 0 saturated carbocycles. The molecule has 0 spiro atoms. The smallest absolute Gasteiger partial charge is 0.300 e. The Balaban J connectivity index is 0.000000180. The van der Waals surface area contributed by atoms with Crippen LogP contribution in [0.5, 0.6) is 0 Å². The monoisotopic (exact) mass is 148 g/mol. The van der Waals surface area contributed by atoms with Gasteiger partial charge in [0.15, 0.2) is 6.29 Å². The summed E-state index contributed by atoms with van der Waals surface area (Å²) >= 11 is 0. The molecule has 1 saturated heterocycles. The van der Waals surface area contributed by atoms with Crippen molar-refractivity contribution in [3.05, 3.63) is 0 Å². The van der Waals surface area contributed by atoms with Gasteiger partial charge in [0, 0.05) is 20.0 Å². The molecule has 1 fully saturated rings. The number of aliphatic hydroxyl groups is 1. The van der Waals surface area contributed by atoms with E-state index in [-0.39, 0.29) is 0 Å². The van der Waals surface area contributed by atoms with Crippen LogP contribution in [0.2, 0.25) is 0 Å². The third kappa shape index (κ3) is 7.39. The number of ether oxygens (including phenoxy) is 1. The molecule has 1 atom stereocenters. The van der Waals surface area contributed by atoms with E-state index in [1.54, 1.807) is 0 Å². The van der Waals surface area contributed by atoms with Crippen molar-refractivity contribution in [3.63, 3.8) is 0 Å². The Morgan fingerprint density at radius 3 is 2.30 bits per heavy atom. The van der Waals surface area contributed by atoms with Crippen LogP contribution in [-0.4, -0.2) is 29.1 Å². The molecular formula is C6H12O4. The van der Waals surface area contributed by atoms with E-state index in [1.165, 1.54) is 0 Å². The summed E-state index contributed by atoms with van der Waals surface area (Å²) in [6.07, 6.45) is 1.38. The van der Waals surface area contributed by atoms with Crippen molar-refractivity contribution in [2.24, 2.45) is 0 Å². The fraction of sp³-hybridized carbons (Fsp3) is 0.833. The van der Waals surface area contributed by atoms with Gasteiger partial charge in [-0.3, -0.25) is 4.79 Å². The summed E-state index contributed by atoms with van der Waals surface area (Å²) in [5.41, 5.74) is 0. The summed E-state index contributed by atoms with van der Waals surface area (Å²) in [4.78, 5) is 9.00. The normalized spacial score (nSPS) is 23.2. The van der Waals surface area contributed by atoms with Crippen molar-refractivity contribution < 1.29 is 19.7 Å². The van der Waals surface area contributed by atoms with Crippen molar-refractivity contribution in [1.29, 1.82) is 0 Å². The maximum atomic E-state index is 9.00. The Morgan fingerprint density at radius 1 is 1.70 bits per heavy atom. The van der Waals surface area contributed by atoms with Gasteiger partial charge in [0.05, 0.1) is 0 Å². The molecule has 1 heterocycles. The summed E-state index contributed by atoms with van der Waals surface area (Å²) in [6, 6.07) is 0. The molecule has 4 nitrogen and oxygen atoms in total. The minimum absolute atomic E-state index is 0.454. The summed E-state index contributed by atoms with van der Waals surface area (Å²) in [6.45, 7) is 1.82. The summed E-state index contributed by atoms with van der Waals surface area (Å²) < 4.78 is 4.71. The van der Waals surface area contributed by atoms with Crippen LogP contribution in [0.1, 0.15) is 19.8 Å². The molecule has 0 aromatic carbocycles. The highest BCUT2D eigenvalue weighted by Gasteiger charge is 2.09. The van der Waals surface area contributed by atoms with Gasteiger partial charge in [0.1, 0.15) is 0 Å². The first-order valence-electron chi connectivity index (χ1n) is 3.12. The third-order valence-electron chi connectivity index (χ3n) is 0.906. The van der Waals surface area contributed by atoms with E-state index in [4.69, 9.17) is 19.7 Å². The molecule has 0 aliphatic carbocycles. The maximum absolute atomic E-state index is 9.00. The van der Waals surface area contributed by atoms with Gasteiger partial charge in [-0.1, -0.05) is 0 Å².